The highest BCUT2D eigenvalue weighted by atomic mass is 32.1. The van der Waals surface area contributed by atoms with Crippen molar-refractivity contribution in [3.05, 3.63) is 75.0 Å². The molecule has 0 spiro atoms. The molecular weight excluding hydrogens is 451 g/mol. The standard InChI is InChI=1S/C21H17FN6O4S/c1-12-10-13(28(31)32)6-7-17(12)24-20(30)19(29)23-9-8-14-11-33-21-25-18(26-27(14)21)15-4-2-3-5-16(15)22/h2-7,10-11H,8-9H2,1H3,(H,23,29)(H,24,30). The number of thiazole rings is 1. The monoisotopic (exact) mass is 468 g/mol. The van der Waals surface area contributed by atoms with Gasteiger partial charge in [-0.05, 0) is 30.7 Å². The van der Waals surface area contributed by atoms with Crippen molar-refractivity contribution < 1.29 is 18.9 Å². The lowest BCUT2D eigenvalue weighted by atomic mass is 10.2. The zero-order valence-corrected chi connectivity index (χ0v) is 18.1. The van der Waals surface area contributed by atoms with Crippen molar-refractivity contribution >= 4 is 39.5 Å². The zero-order chi connectivity index (χ0) is 23.5. The van der Waals surface area contributed by atoms with Crippen LogP contribution in [-0.4, -0.2) is 37.9 Å². The van der Waals surface area contributed by atoms with Gasteiger partial charge in [-0.25, -0.2) is 8.91 Å². The number of non-ortho nitro benzene ring substituents is 1. The Kier molecular flexibility index (Phi) is 6.09. The molecule has 2 heterocycles. The van der Waals surface area contributed by atoms with Gasteiger partial charge in [0.15, 0.2) is 5.82 Å². The van der Waals surface area contributed by atoms with Gasteiger partial charge < -0.3 is 10.6 Å². The van der Waals surface area contributed by atoms with Crippen LogP contribution in [0.3, 0.4) is 0 Å². The van der Waals surface area contributed by atoms with Gasteiger partial charge in [0.05, 0.1) is 16.2 Å². The number of nitrogens with zero attached hydrogens (tertiary/aromatic N) is 4. The minimum absolute atomic E-state index is 0.108. The first-order chi connectivity index (χ1) is 15.8. The van der Waals surface area contributed by atoms with Gasteiger partial charge in [-0.2, -0.15) is 4.98 Å². The van der Waals surface area contributed by atoms with E-state index in [0.29, 0.717) is 28.2 Å². The number of hydrogen-bond donors (Lipinski definition) is 2. The van der Waals surface area contributed by atoms with Crippen molar-refractivity contribution in [2.75, 3.05) is 11.9 Å². The molecule has 4 aromatic rings. The number of halogens is 1. The van der Waals surface area contributed by atoms with E-state index < -0.39 is 22.6 Å². The molecule has 0 aliphatic rings. The molecule has 0 fully saturated rings. The zero-order valence-electron chi connectivity index (χ0n) is 17.2. The maximum Gasteiger partial charge on any atom is 0.313 e. The summed E-state index contributed by atoms with van der Waals surface area (Å²) in [5, 5.41) is 22.0. The van der Waals surface area contributed by atoms with E-state index in [0.717, 1.165) is 5.69 Å². The highest BCUT2D eigenvalue weighted by Gasteiger charge is 2.17. The highest BCUT2D eigenvalue weighted by molar-refractivity contribution is 7.15. The molecular formula is C21H17FN6O4S. The van der Waals surface area contributed by atoms with E-state index in [9.17, 15) is 24.1 Å². The molecule has 4 rings (SSSR count). The van der Waals surface area contributed by atoms with Gasteiger partial charge >= 0.3 is 11.8 Å². The Morgan fingerprint density at radius 1 is 1.21 bits per heavy atom. The first-order valence-corrected chi connectivity index (χ1v) is 10.6. The van der Waals surface area contributed by atoms with Crippen LogP contribution in [0.4, 0.5) is 15.8 Å². The second kappa shape index (κ2) is 9.12. The fraction of sp³-hybridized carbons (Fsp3) is 0.143. The van der Waals surface area contributed by atoms with Gasteiger partial charge in [-0.15, -0.1) is 16.4 Å². The van der Waals surface area contributed by atoms with Crippen LogP contribution in [0.2, 0.25) is 0 Å². The Bertz CT molecular complexity index is 1380. The van der Waals surface area contributed by atoms with Crippen LogP contribution in [-0.2, 0) is 16.0 Å². The van der Waals surface area contributed by atoms with Crippen molar-refractivity contribution in [3.63, 3.8) is 0 Å². The lowest BCUT2D eigenvalue weighted by Gasteiger charge is -2.08. The number of nitro benzene ring substituents is 1. The third kappa shape index (κ3) is 4.70. The number of benzene rings is 2. The number of rotatable bonds is 6. The van der Waals surface area contributed by atoms with E-state index in [1.807, 2.05) is 5.38 Å². The van der Waals surface area contributed by atoms with Gasteiger partial charge in [-0.3, -0.25) is 19.7 Å². The fourth-order valence-electron chi connectivity index (χ4n) is 3.12. The minimum Gasteiger partial charge on any atom is -0.347 e. The summed E-state index contributed by atoms with van der Waals surface area (Å²) in [6.45, 7) is 1.75. The number of amides is 2. The van der Waals surface area contributed by atoms with Crippen LogP contribution < -0.4 is 10.6 Å². The molecule has 0 aliphatic carbocycles. The Morgan fingerprint density at radius 2 is 2.00 bits per heavy atom. The second-order valence-corrected chi connectivity index (χ2v) is 7.89. The van der Waals surface area contributed by atoms with Crippen molar-refractivity contribution in [2.24, 2.45) is 0 Å². The minimum atomic E-state index is -0.884. The molecule has 0 saturated carbocycles. The molecule has 0 radical (unpaired) electrons. The number of aromatic nitrogens is 3. The molecule has 0 saturated heterocycles. The van der Waals surface area contributed by atoms with Crippen LogP contribution in [0.25, 0.3) is 16.3 Å². The molecule has 10 nitrogen and oxygen atoms in total. The lowest BCUT2D eigenvalue weighted by molar-refractivity contribution is -0.384. The molecule has 2 aromatic carbocycles. The van der Waals surface area contributed by atoms with Gasteiger partial charge in [0.1, 0.15) is 5.82 Å². The van der Waals surface area contributed by atoms with E-state index in [1.165, 1.54) is 35.6 Å². The molecule has 2 aromatic heterocycles. The highest BCUT2D eigenvalue weighted by Crippen LogP contribution is 2.23. The average Bonchev–Trinajstić information content (AvgIpc) is 3.36. The van der Waals surface area contributed by atoms with E-state index >= 15 is 0 Å². The van der Waals surface area contributed by atoms with Crippen molar-refractivity contribution in [3.8, 4) is 11.4 Å². The summed E-state index contributed by atoms with van der Waals surface area (Å²) < 4.78 is 15.6. The number of fused-ring (bicyclic) bond motifs is 1. The third-order valence-electron chi connectivity index (χ3n) is 4.81. The Hall–Kier alpha value is -4.19. The van der Waals surface area contributed by atoms with Crippen molar-refractivity contribution in [2.45, 2.75) is 13.3 Å². The van der Waals surface area contributed by atoms with Crippen molar-refractivity contribution in [1.29, 1.82) is 0 Å². The number of carbonyl (C=O) groups is 2. The number of nitrogens with one attached hydrogen (secondary N) is 2. The molecule has 12 heteroatoms. The SMILES string of the molecule is Cc1cc([N+](=O)[O-])ccc1NC(=O)C(=O)NCCc1csc2nc(-c3ccccc3F)nn12. The molecule has 2 N–H and O–H groups in total. The third-order valence-corrected chi connectivity index (χ3v) is 5.67. The first-order valence-electron chi connectivity index (χ1n) is 9.76. The number of carbonyl (C=O) groups excluding carboxylic acids is 2. The quantitative estimate of drug-likeness (QED) is 0.254. The van der Waals surface area contributed by atoms with Crippen LogP contribution >= 0.6 is 11.3 Å². The Balaban J connectivity index is 1.36. The molecule has 0 aliphatic heterocycles. The summed E-state index contributed by atoms with van der Waals surface area (Å²) in [5.41, 5.74) is 1.71. The molecule has 168 valence electrons. The maximum atomic E-state index is 14.0. The molecule has 2 amide bonds. The van der Waals surface area contributed by atoms with Crippen LogP contribution in [0.5, 0.6) is 0 Å². The summed E-state index contributed by atoms with van der Waals surface area (Å²) in [4.78, 5) is 39.5. The second-order valence-electron chi connectivity index (χ2n) is 7.05. The van der Waals surface area contributed by atoms with Crippen LogP contribution in [0.1, 0.15) is 11.3 Å². The number of hydrogen-bond acceptors (Lipinski definition) is 7. The predicted molar refractivity (Wildman–Crippen MR) is 119 cm³/mol. The smallest absolute Gasteiger partial charge is 0.313 e. The van der Waals surface area contributed by atoms with Gasteiger partial charge in [-0.1, -0.05) is 12.1 Å². The number of anilines is 1. The predicted octanol–water partition coefficient (Wildman–Crippen LogP) is 3.11. The van der Waals surface area contributed by atoms with Gasteiger partial charge in [0.2, 0.25) is 4.96 Å². The van der Waals surface area contributed by atoms with Gasteiger partial charge in [0, 0.05) is 36.2 Å². The summed E-state index contributed by atoms with van der Waals surface area (Å²) in [6, 6.07) is 10.2. The normalized spacial score (nSPS) is 10.8. The number of aryl methyl sites for hydroxylation is 1. The fourth-order valence-corrected chi connectivity index (χ4v) is 3.97. The molecule has 0 bridgehead atoms. The topological polar surface area (TPSA) is 132 Å². The average molecular weight is 468 g/mol. The van der Waals surface area contributed by atoms with E-state index in [1.54, 1.807) is 29.6 Å². The maximum absolute atomic E-state index is 14.0. The summed E-state index contributed by atoms with van der Waals surface area (Å²) in [7, 11) is 0. The van der Waals surface area contributed by atoms with E-state index in [4.69, 9.17) is 0 Å². The summed E-state index contributed by atoms with van der Waals surface area (Å²) in [5.74, 6) is -1.88. The molecule has 33 heavy (non-hydrogen) atoms. The summed E-state index contributed by atoms with van der Waals surface area (Å²) in [6.07, 6.45) is 0.371. The van der Waals surface area contributed by atoms with E-state index in [-0.39, 0.29) is 18.1 Å². The van der Waals surface area contributed by atoms with Crippen LogP contribution in [0.15, 0.2) is 47.8 Å². The Morgan fingerprint density at radius 3 is 2.73 bits per heavy atom. The first kappa shape index (κ1) is 22.0. The lowest BCUT2D eigenvalue weighted by Crippen LogP contribution is -2.36. The van der Waals surface area contributed by atoms with Crippen molar-refractivity contribution in [1.82, 2.24) is 19.9 Å². The van der Waals surface area contributed by atoms with Gasteiger partial charge in [0.25, 0.3) is 5.69 Å². The molecule has 0 unspecified atom stereocenters. The molecule has 0 atom stereocenters. The summed E-state index contributed by atoms with van der Waals surface area (Å²) >= 11 is 1.33. The van der Waals surface area contributed by atoms with Crippen LogP contribution in [0, 0.1) is 22.9 Å². The number of nitro groups is 1. The largest absolute Gasteiger partial charge is 0.347 e. The van der Waals surface area contributed by atoms with E-state index in [2.05, 4.69) is 20.7 Å². The Labute approximate surface area is 190 Å².